The molecule has 0 spiro atoms. The van der Waals surface area contributed by atoms with E-state index in [1.807, 2.05) is 0 Å². The van der Waals surface area contributed by atoms with Gasteiger partial charge in [-0.2, -0.15) is 0 Å². The first kappa shape index (κ1) is 7.33. The fourth-order valence-electron chi connectivity index (χ4n) is 1.27. The Labute approximate surface area is 82.6 Å². The maximum Gasteiger partial charge on any atom is 0.197 e. The van der Waals surface area contributed by atoms with Gasteiger partial charge >= 0.3 is 0 Å². The van der Waals surface area contributed by atoms with E-state index in [0.717, 1.165) is 0 Å². The molecule has 0 unspecified atom stereocenters. The Morgan fingerprint density at radius 3 is 1.44 bits per heavy atom. The van der Waals surface area contributed by atoms with Crippen LogP contribution in [0.5, 0.6) is 0 Å². The first-order valence-corrected chi connectivity index (χ1v) is 12.0. The van der Waals surface area contributed by atoms with Crippen molar-refractivity contribution in [3.05, 3.63) is 0 Å². The second-order valence-corrected chi connectivity index (χ2v) is 23.1. The van der Waals surface area contributed by atoms with Crippen molar-refractivity contribution in [1.29, 1.82) is 0 Å². The van der Waals surface area contributed by atoms with Crippen LogP contribution < -0.4 is 0 Å². The molecule has 0 atom stereocenters. The Kier molecular flexibility index (Phi) is 1.90. The van der Waals surface area contributed by atoms with Gasteiger partial charge in [0.2, 0.25) is 0 Å². The van der Waals surface area contributed by atoms with Gasteiger partial charge < -0.3 is 0 Å². The molecule has 52 valence electrons. The fourth-order valence-corrected chi connectivity index (χ4v) is 11.3. The van der Waals surface area contributed by atoms with Gasteiger partial charge in [0.25, 0.3) is 0 Å². The van der Waals surface area contributed by atoms with Crippen molar-refractivity contribution >= 4 is 46.7 Å². The lowest BCUT2D eigenvalue weighted by molar-refractivity contribution is 1.31. The lowest BCUT2D eigenvalue weighted by atomic mass is 10.9. The van der Waals surface area contributed by atoms with Gasteiger partial charge in [-0.15, -0.1) is 43.6 Å². The minimum Gasteiger partial charge on any atom is -0.104 e. The standard InChI is InChI=1S/C6H10I2Si/c7-9(8,5-1-2-5)6-3-4-6/h5-6H,1-4H2. The highest BCUT2D eigenvalue weighted by Gasteiger charge is 2.53. The molecule has 2 aliphatic carbocycles. The summed E-state index contributed by atoms with van der Waals surface area (Å²) in [5.74, 6) is 0. The van der Waals surface area contributed by atoms with Gasteiger partial charge in [0.15, 0.2) is 3.07 Å². The fraction of sp³-hybridized carbons (Fsp3) is 1.00. The Hall–Kier alpha value is 1.68. The van der Waals surface area contributed by atoms with Crippen LogP contribution in [0.15, 0.2) is 0 Å². The van der Waals surface area contributed by atoms with Crippen LogP contribution in [0.25, 0.3) is 0 Å². The molecule has 0 N–H and O–H groups in total. The SMILES string of the molecule is I[Si](I)(C1CC1)C1CC1. The molecular weight excluding hydrogens is 354 g/mol. The molecule has 0 aromatic carbocycles. The average Bonchev–Trinajstić information content (AvgIpc) is 2.62. The van der Waals surface area contributed by atoms with Gasteiger partial charge in [-0.3, -0.25) is 0 Å². The van der Waals surface area contributed by atoms with Gasteiger partial charge in [-0.05, 0) is 11.1 Å². The number of hydrogen-bond donors (Lipinski definition) is 0. The molecule has 0 amide bonds. The molecular formula is C6H10I2Si. The van der Waals surface area contributed by atoms with E-state index in [0.29, 0.717) is 0 Å². The maximum absolute atomic E-state index is 2.81. The Morgan fingerprint density at radius 2 is 1.22 bits per heavy atom. The molecule has 0 heterocycles. The van der Waals surface area contributed by atoms with Crippen LogP contribution in [0.4, 0.5) is 0 Å². The van der Waals surface area contributed by atoms with Crippen LogP contribution >= 0.6 is 43.6 Å². The van der Waals surface area contributed by atoms with Crippen LogP contribution in [-0.2, 0) is 0 Å². The summed E-state index contributed by atoms with van der Waals surface area (Å²) >= 11 is 5.61. The van der Waals surface area contributed by atoms with E-state index in [4.69, 9.17) is 0 Å². The smallest absolute Gasteiger partial charge is 0.104 e. The third kappa shape index (κ3) is 1.47. The predicted octanol–water partition coefficient (Wildman–Crippen LogP) is 3.63. The zero-order valence-electron chi connectivity index (χ0n) is 5.24. The van der Waals surface area contributed by atoms with E-state index in [1.165, 1.54) is 11.1 Å². The minimum absolute atomic E-state index is 0.696. The topological polar surface area (TPSA) is 0 Å². The van der Waals surface area contributed by atoms with Gasteiger partial charge in [0.05, 0.1) is 0 Å². The summed E-state index contributed by atoms with van der Waals surface area (Å²) in [6.45, 7) is 0. The molecule has 0 radical (unpaired) electrons. The summed E-state index contributed by atoms with van der Waals surface area (Å²) in [6, 6.07) is 0. The monoisotopic (exact) mass is 364 g/mol. The maximum atomic E-state index is 2.81. The van der Waals surface area contributed by atoms with Gasteiger partial charge in [-0.25, -0.2) is 0 Å². The lowest BCUT2D eigenvalue weighted by Gasteiger charge is -2.14. The second-order valence-electron chi connectivity index (χ2n) is 3.22. The van der Waals surface area contributed by atoms with Crippen molar-refractivity contribution in [3.63, 3.8) is 0 Å². The van der Waals surface area contributed by atoms with Gasteiger partial charge in [0.1, 0.15) is 0 Å². The molecule has 2 rings (SSSR count). The summed E-state index contributed by atoms with van der Waals surface area (Å²) in [5, 5.41) is 0. The third-order valence-electron chi connectivity index (χ3n) is 2.24. The number of halogens is 2. The minimum atomic E-state index is -0.696. The van der Waals surface area contributed by atoms with Crippen LogP contribution in [0.1, 0.15) is 25.7 Å². The zero-order chi connectivity index (χ0) is 6.48. The molecule has 0 bridgehead atoms. The van der Waals surface area contributed by atoms with Crippen LogP contribution in [0, 0.1) is 0 Å². The van der Waals surface area contributed by atoms with Crippen molar-refractivity contribution in [2.75, 3.05) is 0 Å². The van der Waals surface area contributed by atoms with Crippen molar-refractivity contribution in [1.82, 2.24) is 0 Å². The Balaban J connectivity index is 2.01. The van der Waals surface area contributed by atoms with E-state index in [2.05, 4.69) is 43.6 Å². The van der Waals surface area contributed by atoms with Crippen molar-refractivity contribution < 1.29 is 0 Å². The molecule has 2 fully saturated rings. The van der Waals surface area contributed by atoms with Crippen molar-refractivity contribution in [3.8, 4) is 0 Å². The number of rotatable bonds is 2. The van der Waals surface area contributed by atoms with Gasteiger partial charge in [0, 0.05) is 0 Å². The van der Waals surface area contributed by atoms with Crippen molar-refractivity contribution in [2.24, 2.45) is 0 Å². The van der Waals surface area contributed by atoms with Crippen LogP contribution in [-0.4, -0.2) is 3.07 Å². The summed E-state index contributed by atoms with van der Waals surface area (Å²) in [5.41, 5.74) is 2.43. The normalized spacial score (nSPS) is 28.7. The zero-order valence-corrected chi connectivity index (χ0v) is 10.6. The van der Waals surface area contributed by atoms with Crippen LogP contribution in [0.3, 0.4) is 0 Å². The summed E-state index contributed by atoms with van der Waals surface area (Å²) in [4.78, 5) is 0. The average molecular weight is 364 g/mol. The molecule has 2 saturated carbocycles. The highest BCUT2D eigenvalue weighted by Crippen LogP contribution is 2.64. The molecule has 3 heteroatoms. The summed E-state index contributed by atoms with van der Waals surface area (Å²) in [6.07, 6.45) is 6.26. The molecule has 2 aliphatic rings. The first-order chi connectivity index (χ1) is 4.21. The van der Waals surface area contributed by atoms with Crippen LogP contribution in [0.2, 0.25) is 11.1 Å². The largest absolute Gasteiger partial charge is 0.197 e. The molecule has 0 nitrogen and oxygen atoms in total. The Morgan fingerprint density at radius 1 is 0.889 bits per heavy atom. The number of hydrogen-bond acceptors (Lipinski definition) is 0. The van der Waals surface area contributed by atoms with E-state index >= 15 is 0 Å². The van der Waals surface area contributed by atoms with E-state index < -0.39 is 3.07 Å². The molecule has 0 aromatic heterocycles. The predicted molar refractivity (Wildman–Crippen MR) is 59.8 cm³/mol. The third-order valence-corrected chi connectivity index (χ3v) is 16.1. The molecule has 0 saturated heterocycles. The first-order valence-electron chi connectivity index (χ1n) is 3.59. The molecule has 9 heavy (non-hydrogen) atoms. The lowest BCUT2D eigenvalue weighted by Crippen LogP contribution is -2.16. The van der Waals surface area contributed by atoms with Gasteiger partial charge in [-0.1, -0.05) is 25.7 Å². The quantitative estimate of drug-likeness (QED) is 0.399. The van der Waals surface area contributed by atoms with E-state index in [-0.39, 0.29) is 0 Å². The molecule has 0 aliphatic heterocycles. The summed E-state index contributed by atoms with van der Waals surface area (Å²) in [7, 11) is 0. The molecule has 0 aromatic rings. The highest BCUT2D eigenvalue weighted by atomic mass is 127. The van der Waals surface area contributed by atoms with Crippen molar-refractivity contribution in [2.45, 2.75) is 36.8 Å². The second kappa shape index (κ2) is 2.33. The summed E-state index contributed by atoms with van der Waals surface area (Å²) < 4.78 is -0.696. The Bertz CT molecular complexity index is 113. The van der Waals surface area contributed by atoms with E-state index in [1.54, 1.807) is 25.7 Å². The highest BCUT2D eigenvalue weighted by molar-refractivity contribution is 14.3. The van der Waals surface area contributed by atoms with E-state index in [9.17, 15) is 0 Å².